The predicted octanol–water partition coefficient (Wildman–Crippen LogP) is 12.5. The van der Waals surface area contributed by atoms with Crippen LogP contribution in [0.1, 0.15) is 0 Å². The fourth-order valence-corrected chi connectivity index (χ4v) is 7.08. The zero-order valence-corrected chi connectivity index (χ0v) is 24.2. The van der Waals surface area contributed by atoms with E-state index in [1.54, 1.807) is 0 Å². The first kappa shape index (κ1) is 24.8. The summed E-state index contributed by atoms with van der Waals surface area (Å²) >= 11 is 0. The topological polar surface area (TPSA) is 0 Å². The lowest BCUT2D eigenvalue weighted by Gasteiger charge is -2.17. The van der Waals surface area contributed by atoms with Crippen LogP contribution < -0.4 is 0 Å². The molecule has 0 atom stereocenters. The molecule has 0 saturated heterocycles. The molecule has 0 amide bonds. The van der Waals surface area contributed by atoms with Crippen LogP contribution in [0.4, 0.5) is 0 Å². The molecule has 0 aliphatic rings. The minimum atomic E-state index is 1.23. The zero-order chi connectivity index (χ0) is 29.0. The summed E-state index contributed by atoms with van der Waals surface area (Å²) in [7, 11) is 0. The molecule has 0 N–H and O–H groups in total. The molecule has 0 radical (unpaired) electrons. The molecule has 9 aromatic carbocycles. The molecule has 0 aliphatic heterocycles. The van der Waals surface area contributed by atoms with Gasteiger partial charge >= 0.3 is 0 Å². The fraction of sp³-hybridized carbons (Fsp3) is 0. The van der Waals surface area contributed by atoms with Crippen molar-refractivity contribution >= 4 is 53.9 Å². The Labute approximate surface area is 256 Å². The normalized spacial score (nSPS) is 11.6. The Bertz CT molecular complexity index is 2520. The molecule has 0 aromatic heterocycles. The molecule has 0 saturated carbocycles. The summed E-state index contributed by atoms with van der Waals surface area (Å²) in [5.41, 5.74) is 7.46. The SMILES string of the molecule is c1ccc(-c2ccc(-c3cc4c5ccccc5c5cc(-c6ccc7ccccc7c6)ccc5c4c4ccccc34)cc2)cc1. The Morgan fingerprint density at radius 2 is 0.750 bits per heavy atom. The van der Waals surface area contributed by atoms with Crippen LogP contribution in [-0.2, 0) is 0 Å². The van der Waals surface area contributed by atoms with Crippen molar-refractivity contribution in [3.8, 4) is 33.4 Å². The Morgan fingerprint density at radius 1 is 0.227 bits per heavy atom. The molecule has 0 bridgehead atoms. The monoisotopic (exact) mass is 556 g/mol. The summed E-state index contributed by atoms with van der Waals surface area (Å²) in [6, 6.07) is 62.3. The summed E-state index contributed by atoms with van der Waals surface area (Å²) in [4.78, 5) is 0. The van der Waals surface area contributed by atoms with Crippen molar-refractivity contribution in [2.24, 2.45) is 0 Å². The molecule has 204 valence electrons. The van der Waals surface area contributed by atoms with E-state index < -0.39 is 0 Å². The predicted molar refractivity (Wildman–Crippen MR) is 190 cm³/mol. The maximum Gasteiger partial charge on any atom is -0.00199 e. The molecule has 0 heterocycles. The van der Waals surface area contributed by atoms with Crippen LogP contribution >= 0.6 is 0 Å². The summed E-state index contributed by atoms with van der Waals surface area (Å²) in [6.45, 7) is 0. The Morgan fingerprint density at radius 3 is 1.55 bits per heavy atom. The van der Waals surface area contributed by atoms with Crippen molar-refractivity contribution in [2.45, 2.75) is 0 Å². The number of hydrogen-bond donors (Lipinski definition) is 0. The van der Waals surface area contributed by atoms with Crippen molar-refractivity contribution in [3.63, 3.8) is 0 Å². The molecule has 0 aliphatic carbocycles. The molecule has 0 nitrogen and oxygen atoms in total. The third-order valence-electron chi connectivity index (χ3n) is 9.23. The zero-order valence-electron chi connectivity index (χ0n) is 24.2. The summed E-state index contributed by atoms with van der Waals surface area (Å²) in [5.74, 6) is 0. The van der Waals surface area contributed by atoms with E-state index in [1.165, 1.54) is 87.2 Å². The van der Waals surface area contributed by atoms with Gasteiger partial charge in [0.2, 0.25) is 0 Å². The second kappa shape index (κ2) is 9.93. The van der Waals surface area contributed by atoms with E-state index in [1.807, 2.05) is 0 Å². The number of hydrogen-bond acceptors (Lipinski definition) is 0. The van der Waals surface area contributed by atoms with E-state index in [0.717, 1.165) is 0 Å². The molecule has 44 heavy (non-hydrogen) atoms. The minimum Gasteiger partial charge on any atom is -0.0622 e. The molecule has 0 fully saturated rings. The summed E-state index contributed by atoms with van der Waals surface area (Å²) in [5, 5.41) is 12.9. The van der Waals surface area contributed by atoms with Crippen LogP contribution in [0, 0.1) is 0 Å². The van der Waals surface area contributed by atoms with Crippen molar-refractivity contribution in [2.75, 3.05) is 0 Å². The maximum atomic E-state index is 2.42. The van der Waals surface area contributed by atoms with Crippen LogP contribution in [0.3, 0.4) is 0 Å². The molecular weight excluding hydrogens is 528 g/mol. The van der Waals surface area contributed by atoms with E-state index in [-0.39, 0.29) is 0 Å². The van der Waals surface area contributed by atoms with Gasteiger partial charge in [-0.1, -0.05) is 152 Å². The Kier molecular flexibility index (Phi) is 5.61. The van der Waals surface area contributed by atoms with Gasteiger partial charge in [-0.05, 0) is 105 Å². The fourth-order valence-electron chi connectivity index (χ4n) is 7.08. The van der Waals surface area contributed by atoms with Crippen LogP contribution in [0.2, 0.25) is 0 Å². The highest BCUT2D eigenvalue weighted by Gasteiger charge is 2.16. The lowest BCUT2D eigenvalue weighted by Crippen LogP contribution is -1.89. The Hall–Kier alpha value is -5.72. The third-order valence-corrected chi connectivity index (χ3v) is 9.23. The van der Waals surface area contributed by atoms with Crippen molar-refractivity contribution in [1.82, 2.24) is 0 Å². The largest absolute Gasteiger partial charge is 0.0622 e. The molecule has 9 rings (SSSR count). The first-order valence-electron chi connectivity index (χ1n) is 15.3. The van der Waals surface area contributed by atoms with Gasteiger partial charge in [0.05, 0.1) is 0 Å². The van der Waals surface area contributed by atoms with E-state index in [4.69, 9.17) is 0 Å². The smallest absolute Gasteiger partial charge is 0.00199 e. The van der Waals surface area contributed by atoms with Crippen LogP contribution in [0.25, 0.3) is 87.2 Å². The average molecular weight is 557 g/mol. The van der Waals surface area contributed by atoms with Gasteiger partial charge < -0.3 is 0 Å². The van der Waals surface area contributed by atoms with Crippen molar-refractivity contribution in [3.05, 3.63) is 170 Å². The van der Waals surface area contributed by atoms with Gasteiger partial charge in [0.15, 0.2) is 0 Å². The van der Waals surface area contributed by atoms with Gasteiger partial charge in [-0.25, -0.2) is 0 Å². The number of benzene rings is 9. The van der Waals surface area contributed by atoms with Crippen LogP contribution in [0.15, 0.2) is 170 Å². The highest BCUT2D eigenvalue weighted by Crippen LogP contribution is 2.44. The quantitative estimate of drug-likeness (QED) is 0.190. The lowest BCUT2D eigenvalue weighted by molar-refractivity contribution is 1.61. The number of rotatable bonds is 3. The second-order valence-electron chi connectivity index (χ2n) is 11.7. The summed E-state index contributed by atoms with van der Waals surface area (Å²) in [6.07, 6.45) is 0. The highest BCUT2D eigenvalue weighted by atomic mass is 14.2. The van der Waals surface area contributed by atoms with Gasteiger partial charge in [-0.3, -0.25) is 0 Å². The first-order chi connectivity index (χ1) is 21.8. The van der Waals surface area contributed by atoms with Gasteiger partial charge in [0, 0.05) is 0 Å². The average Bonchev–Trinajstić information content (AvgIpc) is 3.11. The van der Waals surface area contributed by atoms with Gasteiger partial charge in [0.1, 0.15) is 0 Å². The van der Waals surface area contributed by atoms with E-state index >= 15 is 0 Å². The molecule has 0 heteroatoms. The summed E-state index contributed by atoms with van der Waals surface area (Å²) < 4.78 is 0. The van der Waals surface area contributed by atoms with Gasteiger partial charge in [-0.2, -0.15) is 0 Å². The van der Waals surface area contributed by atoms with Crippen molar-refractivity contribution < 1.29 is 0 Å². The molecular formula is C44H28. The maximum absolute atomic E-state index is 2.42. The minimum absolute atomic E-state index is 1.23. The molecule has 0 spiro atoms. The van der Waals surface area contributed by atoms with Crippen LogP contribution in [0.5, 0.6) is 0 Å². The molecule has 0 unspecified atom stereocenters. The highest BCUT2D eigenvalue weighted by molar-refractivity contribution is 6.33. The van der Waals surface area contributed by atoms with Gasteiger partial charge in [0.25, 0.3) is 0 Å². The lowest BCUT2D eigenvalue weighted by atomic mass is 9.86. The third kappa shape index (κ3) is 3.92. The second-order valence-corrected chi connectivity index (χ2v) is 11.7. The van der Waals surface area contributed by atoms with E-state index in [9.17, 15) is 0 Å². The van der Waals surface area contributed by atoms with Crippen LogP contribution in [-0.4, -0.2) is 0 Å². The first-order valence-corrected chi connectivity index (χ1v) is 15.3. The van der Waals surface area contributed by atoms with E-state index in [0.29, 0.717) is 0 Å². The Balaban J connectivity index is 1.30. The van der Waals surface area contributed by atoms with Gasteiger partial charge in [-0.15, -0.1) is 0 Å². The van der Waals surface area contributed by atoms with Crippen molar-refractivity contribution in [1.29, 1.82) is 0 Å². The standard InChI is InChI=1S/C44H28/c1-2-10-29(11-3-1)31-18-21-32(22-19-31)41-28-43-37-15-7-6-14-36(37)42-27-35(34-23-20-30-12-4-5-13-33(30)26-34)24-25-40(42)44(43)39-17-9-8-16-38(39)41/h1-28H. The van der Waals surface area contributed by atoms with E-state index in [2.05, 4.69) is 170 Å². The molecule has 9 aromatic rings. The number of fused-ring (bicyclic) bond motifs is 9.